The summed E-state index contributed by atoms with van der Waals surface area (Å²) in [6.07, 6.45) is 3.68. The first-order chi connectivity index (χ1) is 6.29. The Balaban J connectivity index is 2.47. The standard InChI is InChI=1S/C9H13NOS2/c1-3-5-10-8(11-6-4-2)7-13-9(10)12/h3-4,8H,1-2,5-7H2. The van der Waals surface area contributed by atoms with E-state index in [0.29, 0.717) is 6.61 Å². The molecule has 1 fully saturated rings. The van der Waals surface area contributed by atoms with Gasteiger partial charge in [-0.1, -0.05) is 36.1 Å². The zero-order valence-corrected chi connectivity index (χ0v) is 9.07. The van der Waals surface area contributed by atoms with Gasteiger partial charge in [0.1, 0.15) is 10.5 Å². The maximum atomic E-state index is 5.54. The molecule has 0 N–H and O–H groups in total. The maximum absolute atomic E-state index is 5.54. The normalized spacial score (nSPS) is 22.0. The van der Waals surface area contributed by atoms with Crippen LogP contribution in [-0.2, 0) is 4.74 Å². The maximum Gasteiger partial charge on any atom is 0.141 e. The summed E-state index contributed by atoms with van der Waals surface area (Å²) >= 11 is 6.82. The molecular formula is C9H13NOS2. The highest BCUT2D eigenvalue weighted by Crippen LogP contribution is 2.24. The van der Waals surface area contributed by atoms with E-state index in [1.165, 1.54) is 0 Å². The van der Waals surface area contributed by atoms with E-state index in [2.05, 4.69) is 13.2 Å². The zero-order chi connectivity index (χ0) is 9.68. The molecule has 0 radical (unpaired) electrons. The van der Waals surface area contributed by atoms with Crippen molar-refractivity contribution in [1.82, 2.24) is 4.90 Å². The van der Waals surface area contributed by atoms with E-state index in [1.807, 2.05) is 11.0 Å². The van der Waals surface area contributed by atoms with Crippen LogP contribution in [0.3, 0.4) is 0 Å². The predicted octanol–water partition coefficient (Wildman–Crippen LogP) is 2.03. The van der Waals surface area contributed by atoms with Crippen molar-refractivity contribution in [3.05, 3.63) is 25.3 Å². The number of ether oxygens (including phenoxy) is 1. The third-order valence-corrected chi connectivity index (χ3v) is 3.19. The van der Waals surface area contributed by atoms with Gasteiger partial charge in [-0.15, -0.1) is 13.2 Å². The fourth-order valence-electron chi connectivity index (χ4n) is 1.08. The summed E-state index contributed by atoms with van der Waals surface area (Å²) in [5.41, 5.74) is 0. The molecule has 0 bridgehead atoms. The van der Waals surface area contributed by atoms with Gasteiger partial charge in [0.15, 0.2) is 0 Å². The molecule has 1 rings (SSSR count). The SMILES string of the molecule is C=CCOC1CSC(=S)N1CC=C. The van der Waals surface area contributed by atoms with Crippen LogP contribution in [0.1, 0.15) is 0 Å². The molecule has 0 saturated carbocycles. The second-order valence-electron chi connectivity index (χ2n) is 2.59. The summed E-state index contributed by atoms with van der Waals surface area (Å²) in [5, 5.41) is 0. The van der Waals surface area contributed by atoms with Crippen LogP contribution in [0.15, 0.2) is 25.3 Å². The van der Waals surface area contributed by atoms with Gasteiger partial charge in [0.25, 0.3) is 0 Å². The fourth-order valence-corrected chi connectivity index (χ4v) is 2.40. The first-order valence-corrected chi connectivity index (χ1v) is 5.45. The highest BCUT2D eigenvalue weighted by Gasteiger charge is 2.27. The highest BCUT2D eigenvalue weighted by molar-refractivity contribution is 8.23. The first-order valence-electron chi connectivity index (χ1n) is 4.06. The van der Waals surface area contributed by atoms with Crippen LogP contribution in [0.2, 0.25) is 0 Å². The van der Waals surface area contributed by atoms with Crippen LogP contribution in [0.5, 0.6) is 0 Å². The largest absolute Gasteiger partial charge is 0.353 e. The molecular weight excluding hydrogens is 202 g/mol. The number of rotatable bonds is 5. The monoisotopic (exact) mass is 215 g/mol. The lowest BCUT2D eigenvalue weighted by Crippen LogP contribution is -2.35. The van der Waals surface area contributed by atoms with Gasteiger partial charge in [-0.3, -0.25) is 0 Å². The van der Waals surface area contributed by atoms with Crippen molar-refractivity contribution in [2.45, 2.75) is 6.23 Å². The summed E-state index contributed by atoms with van der Waals surface area (Å²) < 4.78 is 6.44. The summed E-state index contributed by atoms with van der Waals surface area (Å²) in [7, 11) is 0. The number of thiocarbonyl (C=S) groups is 1. The van der Waals surface area contributed by atoms with Crippen molar-refractivity contribution in [1.29, 1.82) is 0 Å². The van der Waals surface area contributed by atoms with Crippen LogP contribution >= 0.6 is 24.0 Å². The molecule has 0 aliphatic carbocycles. The van der Waals surface area contributed by atoms with Crippen molar-refractivity contribution in [3.8, 4) is 0 Å². The molecule has 0 spiro atoms. The van der Waals surface area contributed by atoms with E-state index in [0.717, 1.165) is 16.6 Å². The van der Waals surface area contributed by atoms with Gasteiger partial charge < -0.3 is 9.64 Å². The van der Waals surface area contributed by atoms with Crippen LogP contribution < -0.4 is 0 Å². The number of nitrogens with zero attached hydrogens (tertiary/aromatic N) is 1. The average molecular weight is 215 g/mol. The van der Waals surface area contributed by atoms with Gasteiger partial charge in [0.2, 0.25) is 0 Å². The molecule has 1 atom stereocenters. The quantitative estimate of drug-likeness (QED) is 0.514. The molecule has 0 aromatic rings. The Morgan fingerprint density at radius 2 is 2.38 bits per heavy atom. The van der Waals surface area contributed by atoms with Crippen LogP contribution in [0.25, 0.3) is 0 Å². The van der Waals surface area contributed by atoms with E-state index >= 15 is 0 Å². The number of hydrogen-bond acceptors (Lipinski definition) is 3. The zero-order valence-electron chi connectivity index (χ0n) is 7.44. The number of hydrogen-bond donors (Lipinski definition) is 0. The minimum Gasteiger partial charge on any atom is -0.353 e. The lowest BCUT2D eigenvalue weighted by atomic mass is 10.5. The summed E-state index contributed by atoms with van der Waals surface area (Å²) in [4.78, 5) is 2.04. The van der Waals surface area contributed by atoms with E-state index in [4.69, 9.17) is 17.0 Å². The molecule has 0 aromatic heterocycles. The first kappa shape index (κ1) is 10.8. The van der Waals surface area contributed by atoms with E-state index in [1.54, 1.807) is 17.8 Å². The Morgan fingerprint density at radius 3 is 3.00 bits per heavy atom. The molecule has 1 saturated heterocycles. The van der Waals surface area contributed by atoms with Crippen molar-refractivity contribution in [2.75, 3.05) is 18.9 Å². The lowest BCUT2D eigenvalue weighted by molar-refractivity contribution is 0.0169. The van der Waals surface area contributed by atoms with Gasteiger partial charge in [-0.2, -0.15) is 0 Å². The van der Waals surface area contributed by atoms with Gasteiger partial charge in [0.05, 0.1) is 6.61 Å². The van der Waals surface area contributed by atoms with Crippen LogP contribution in [0, 0.1) is 0 Å². The smallest absolute Gasteiger partial charge is 0.141 e. The van der Waals surface area contributed by atoms with Crippen LogP contribution in [-0.4, -0.2) is 34.4 Å². The van der Waals surface area contributed by atoms with E-state index < -0.39 is 0 Å². The van der Waals surface area contributed by atoms with E-state index in [-0.39, 0.29) is 6.23 Å². The summed E-state index contributed by atoms with van der Waals surface area (Å²) in [5.74, 6) is 0.903. The molecule has 0 aromatic carbocycles. The second-order valence-corrected chi connectivity index (χ2v) is 4.25. The Kier molecular flexibility index (Phi) is 4.48. The highest BCUT2D eigenvalue weighted by atomic mass is 32.2. The van der Waals surface area contributed by atoms with Crippen molar-refractivity contribution >= 4 is 28.3 Å². The topological polar surface area (TPSA) is 12.5 Å². The van der Waals surface area contributed by atoms with Crippen molar-refractivity contribution in [2.24, 2.45) is 0 Å². The minimum atomic E-state index is 0.0912. The van der Waals surface area contributed by atoms with Gasteiger partial charge in [0, 0.05) is 12.3 Å². The van der Waals surface area contributed by atoms with Crippen LogP contribution in [0.4, 0.5) is 0 Å². The van der Waals surface area contributed by atoms with Gasteiger partial charge >= 0.3 is 0 Å². The third-order valence-electron chi connectivity index (χ3n) is 1.66. The van der Waals surface area contributed by atoms with Gasteiger partial charge in [-0.05, 0) is 0 Å². The van der Waals surface area contributed by atoms with E-state index in [9.17, 15) is 0 Å². The molecule has 4 heteroatoms. The Morgan fingerprint density at radius 1 is 1.62 bits per heavy atom. The third kappa shape index (κ3) is 2.83. The molecule has 1 aliphatic heterocycles. The Labute approximate surface area is 88.6 Å². The summed E-state index contributed by atoms with van der Waals surface area (Å²) in [6, 6.07) is 0. The Bertz CT molecular complexity index is 218. The minimum absolute atomic E-state index is 0.0912. The summed E-state index contributed by atoms with van der Waals surface area (Å²) in [6.45, 7) is 8.62. The second kappa shape index (κ2) is 5.42. The predicted molar refractivity (Wildman–Crippen MR) is 61.9 cm³/mol. The molecule has 13 heavy (non-hydrogen) atoms. The molecule has 72 valence electrons. The molecule has 0 amide bonds. The van der Waals surface area contributed by atoms with Crippen molar-refractivity contribution in [3.63, 3.8) is 0 Å². The molecule has 1 unspecified atom stereocenters. The Hall–Kier alpha value is -0.320. The molecule has 1 heterocycles. The lowest BCUT2D eigenvalue weighted by Gasteiger charge is -2.23. The number of thioether (sulfide) groups is 1. The van der Waals surface area contributed by atoms with Gasteiger partial charge in [-0.25, -0.2) is 0 Å². The van der Waals surface area contributed by atoms with Crippen molar-refractivity contribution < 1.29 is 4.74 Å². The molecule has 1 aliphatic rings. The fraction of sp³-hybridized carbons (Fsp3) is 0.444. The molecule has 2 nitrogen and oxygen atoms in total. The average Bonchev–Trinajstić information content (AvgIpc) is 2.46.